The zero-order valence-corrected chi connectivity index (χ0v) is 23.7. The monoisotopic (exact) mass is 496 g/mol. The van der Waals surface area contributed by atoms with Crippen LogP contribution in [0.3, 0.4) is 0 Å². The summed E-state index contributed by atoms with van der Waals surface area (Å²) >= 11 is 0. The molecule has 4 bridgehead atoms. The van der Waals surface area contributed by atoms with Crippen LogP contribution in [-0.4, -0.2) is 45.3 Å². The average molecular weight is 497 g/mol. The maximum atomic E-state index is 5.55. The van der Waals surface area contributed by atoms with Gasteiger partial charge in [0.15, 0.2) is 0 Å². The van der Waals surface area contributed by atoms with Crippen LogP contribution in [-0.2, 0) is 0 Å². The molecule has 4 saturated carbocycles. The predicted molar refractivity (Wildman–Crippen MR) is 149 cm³/mol. The molecule has 6 unspecified atom stereocenters. The van der Waals surface area contributed by atoms with E-state index in [-0.39, 0.29) is 12.4 Å². The highest BCUT2D eigenvalue weighted by Crippen LogP contribution is 2.62. The molecule has 4 rings (SSSR count). The second-order valence-corrected chi connectivity index (χ2v) is 13.5. The molecule has 0 spiro atoms. The lowest BCUT2D eigenvalue weighted by atomic mass is 9.66. The molecule has 0 aromatic carbocycles. The van der Waals surface area contributed by atoms with Crippen molar-refractivity contribution >= 4 is 12.4 Å². The first kappa shape index (κ1) is 28.7. The Balaban J connectivity index is 0.00000324. The standard InChI is InChI=1S/C29H56N4.ClH/c1-28(2)23-7-5-21(19-23)26(28)11-9-25(33-18-17-32-16-15-31-14-13-30)10-12-27-22-6-8-24(20-22)29(27,3)4;/h21-27,31-33H,5-20,30H2,1-4H3;1H. The van der Waals surface area contributed by atoms with E-state index < -0.39 is 0 Å². The summed E-state index contributed by atoms with van der Waals surface area (Å²) in [5.74, 6) is 5.99. The molecule has 4 nitrogen and oxygen atoms in total. The van der Waals surface area contributed by atoms with Crippen LogP contribution in [0.2, 0.25) is 0 Å². The van der Waals surface area contributed by atoms with Crippen LogP contribution >= 0.6 is 12.4 Å². The van der Waals surface area contributed by atoms with Crippen molar-refractivity contribution in [3.8, 4) is 0 Å². The molecule has 4 aliphatic rings. The number of hydrogen-bond donors (Lipinski definition) is 4. The molecule has 4 fully saturated rings. The average Bonchev–Trinajstić information content (AvgIpc) is 3.53. The van der Waals surface area contributed by atoms with Crippen molar-refractivity contribution in [3.63, 3.8) is 0 Å². The third kappa shape index (κ3) is 6.33. The molecule has 0 aromatic rings. The zero-order valence-electron chi connectivity index (χ0n) is 22.8. The Morgan fingerprint density at radius 1 is 0.706 bits per heavy atom. The second kappa shape index (κ2) is 12.6. The van der Waals surface area contributed by atoms with Gasteiger partial charge in [0, 0.05) is 45.3 Å². The highest BCUT2D eigenvalue weighted by Gasteiger charge is 2.53. The van der Waals surface area contributed by atoms with Gasteiger partial charge in [-0.2, -0.15) is 0 Å². The van der Waals surface area contributed by atoms with E-state index in [1.165, 1.54) is 64.2 Å². The van der Waals surface area contributed by atoms with E-state index in [1.54, 1.807) is 0 Å². The molecule has 0 saturated heterocycles. The lowest BCUT2D eigenvalue weighted by molar-refractivity contribution is 0.0996. The molecular weight excluding hydrogens is 440 g/mol. The lowest BCUT2D eigenvalue weighted by Gasteiger charge is -2.40. The largest absolute Gasteiger partial charge is 0.329 e. The molecule has 0 radical (unpaired) electrons. The van der Waals surface area contributed by atoms with E-state index in [2.05, 4.69) is 43.6 Å². The van der Waals surface area contributed by atoms with Crippen LogP contribution in [0.5, 0.6) is 0 Å². The normalized spacial score (nSPS) is 35.6. The van der Waals surface area contributed by atoms with Gasteiger partial charge in [0.25, 0.3) is 0 Å². The van der Waals surface area contributed by atoms with Crippen LogP contribution in [0, 0.1) is 46.3 Å². The van der Waals surface area contributed by atoms with E-state index in [9.17, 15) is 0 Å². The molecular formula is C29H57ClN4. The van der Waals surface area contributed by atoms with E-state index in [4.69, 9.17) is 5.73 Å². The zero-order chi connectivity index (χ0) is 23.5. The van der Waals surface area contributed by atoms with Crippen LogP contribution in [0.4, 0.5) is 0 Å². The van der Waals surface area contributed by atoms with Crippen molar-refractivity contribution < 1.29 is 0 Å². The molecule has 200 valence electrons. The van der Waals surface area contributed by atoms with E-state index in [1.807, 2.05) is 0 Å². The minimum Gasteiger partial charge on any atom is -0.329 e. The van der Waals surface area contributed by atoms with Gasteiger partial charge in [-0.15, -0.1) is 12.4 Å². The topological polar surface area (TPSA) is 62.1 Å². The molecule has 34 heavy (non-hydrogen) atoms. The van der Waals surface area contributed by atoms with Gasteiger partial charge in [0.2, 0.25) is 0 Å². The van der Waals surface area contributed by atoms with Crippen LogP contribution in [0.15, 0.2) is 0 Å². The second-order valence-electron chi connectivity index (χ2n) is 13.5. The molecule has 0 heterocycles. The van der Waals surface area contributed by atoms with Gasteiger partial charge in [-0.3, -0.25) is 0 Å². The molecule has 5 heteroatoms. The minimum absolute atomic E-state index is 0. The maximum absolute atomic E-state index is 5.55. The minimum atomic E-state index is 0. The first-order valence-electron chi connectivity index (χ1n) is 14.7. The Morgan fingerprint density at radius 2 is 1.18 bits per heavy atom. The Labute approximate surface area is 217 Å². The van der Waals surface area contributed by atoms with Gasteiger partial charge in [0.05, 0.1) is 0 Å². The summed E-state index contributed by atoms with van der Waals surface area (Å²) in [7, 11) is 0. The molecule has 0 aliphatic heterocycles. The Hall–Kier alpha value is 0.130. The van der Waals surface area contributed by atoms with Gasteiger partial charge < -0.3 is 21.7 Å². The smallest absolute Gasteiger partial charge is 0.00793 e. The summed E-state index contributed by atoms with van der Waals surface area (Å²) in [6, 6.07) is 0.701. The van der Waals surface area contributed by atoms with Gasteiger partial charge >= 0.3 is 0 Å². The van der Waals surface area contributed by atoms with Crippen molar-refractivity contribution in [2.45, 2.75) is 97.9 Å². The van der Waals surface area contributed by atoms with Gasteiger partial charge in [0.1, 0.15) is 0 Å². The Morgan fingerprint density at radius 3 is 1.62 bits per heavy atom. The number of nitrogens with one attached hydrogen (secondary N) is 3. The summed E-state index contributed by atoms with van der Waals surface area (Å²) in [6.07, 6.45) is 14.7. The Kier molecular flexibility index (Phi) is 10.6. The molecule has 0 aromatic heterocycles. The molecule has 4 aliphatic carbocycles. The van der Waals surface area contributed by atoms with Crippen molar-refractivity contribution in [1.82, 2.24) is 16.0 Å². The molecule has 6 atom stereocenters. The fourth-order valence-electron chi connectivity index (χ4n) is 9.15. The first-order chi connectivity index (χ1) is 15.8. The number of rotatable bonds is 15. The SMILES string of the molecule is CC1(C)C2CCC(C2)C1CCC(CCC1C2CCC(C2)C1(C)C)NCCNCCNCCN.Cl. The van der Waals surface area contributed by atoms with Crippen LogP contribution < -0.4 is 21.7 Å². The van der Waals surface area contributed by atoms with Crippen LogP contribution in [0.1, 0.15) is 91.9 Å². The van der Waals surface area contributed by atoms with Crippen molar-refractivity contribution in [2.75, 3.05) is 39.3 Å². The fraction of sp³-hybridized carbons (Fsp3) is 1.00. The van der Waals surface area contributed by atoms with Crippen molar-refractivity contribution in [1.29, 1.82) is 0 Å². The van der Waals surface area contributed by atoms with Gasteiger partial charge in [-0.25, -0.2) is 0 Å². The number of halogens is 1. The van der Waals surface area contributed by atoms with Gasteiger partial charge in [-0.1, -0.05) is 27.7 Å². The van der Waals surface area contributed by atoms with E-state index in [0.29, 0.717) is 16.9 Å². The quantitative estimate of drug-likeness (QED) is 0.235. The molecule has 0 amide bonds. The third-order valence-corrected chi connectivity index (χ3v) is 11.3. The number of fused-ring (bicyclic) bond motifs is 4. The summed E-state index contributed by atoms with van der Waals surface area (Å²) in [5.41, 5.74) is 6.71. The number of nitrogens with two attached hydrogens (primary N) is 1. The maximum Gasteiger partial charge on any atom is 0.00793 e. The summed E-state index contributed by atoms with van der Waals surface area (Å²) < 4.78 is 0. The first-order valence-corrected chi connectivity index (χ1v) is 14.7. The fourth-order valence-corrected chi connectivity index (χ4v) is 9.15. The van der Waals surface area contributed by atoms with E-state index >= 15 is 0 Å². The highest BCUT2D eigenvalue weighted by atomic mass is 35.5. The van der Waals surface area contributed by atoms with E-state index in [0.717, 1.165) is 74.8 Å². The van der Waals surface area contributed by atoms with Gasteiger partial charge in [-0.05, 0) is 111 Å². The predicted octanol–water partition coefficient (Wildman–Crippen LogP) is 5.21. The van der Waals surface area contributed by atoms with Crippen LogP contribution in [0.25, 0.3) is 0 Å². The number of hydrogen-bond acceptors (Lipinski definition) is 4. The van der Waals surface area contributed by atoms with Crippen molar-refractivity contribution in [3.05, 3.63) is 0 Å². The summed E-state index contributed by atoms with van der Waals surface area (Å²) in [6.45, 7) is 16.2. The summed E-state index contributed by atoms with van der Waals surface area (Å²) in [5, 5.41) is 11.0. The van der Waals surface area contributed by atoms with Crippen molar-refractivity contribution in [2.24, 2.45) is 52.1 Å². The Bertz CT molecular complexity index is 567. The highest BCUT2D eigenvalue weighted by molar-refractivity contribution is 5.85. The summed E-state index contributed by atoms with van der Waals surface area (Å²) in [4.78, 5) is 0. The molecule has 5 N–H and O–H groups in total. The lowest BCUT2D eigenvalue weighted by Crippen LogP contribution is -2.39. The third-order valence-electron chi connectivity index (χ3n) is 11.3.